The molecule has 0 aliphatic heterocycles. The van der Waals surface area contributed by atoms with Gasteiger partial charge in [-0.2, -0.15) is 0 Å². The van der Waals surface area contributed by atoms with Crippen molar-refractivity contribution >= 4 is 41.6 Å². The highest BCUT2D eigenvalue weighted by molar-refractivity contribution is 9.10. The number of carbonyl (C=O) groups excluding carboxylic acids is 1. The van der Waals surface area contributed by atoms with Crippen LogP contribution in [0.5, 0.6) is 0 Å². The lowest BCUT2D eigenvalue weighted by atomic mass is 10.1. The maximum atomic E-state index is 11.9. The van der Waals surface area contributed by atoms with Crippen LogP contribution in [0, 0.1) is 6.92 Å². The fourth-order valence-electron chi connectivity index (χ4n) is 1.80. The molecule has 0 saturated heterocycles. The van der Waals surface area contributed by atoms with Gasteiger partial charge in [-0.05, 0) is 31.0 Å². The Hall–Kier alpha value is -0.590. The molecule has 1 rings (SSSR count). The van der Waals surface area contributed by atoms with Gasteiger partial charge in [0.25, 0.3) is 9.05 Å². The van der Waals surface area contributed by atoms with Gasteiger partial charge in [0.2, 0.25) is 0 Å². The summed E-state index contributed by atoms with van der Waals surface area (Å²) in [6.07, 6.45) is 4.01. The molecule has 7 heteroatoms. The Morgan fingerprint density at radius 2 is 1.95 bits per heavy atom. The Kier molecular flexibility index (Phi) is 7.16. The Balaban J connectivity index is 2.84. The molecule has 0 N–H and O–H groups in total. The SMILES string of the molecule is CCCCCCOC(=O)c1cc(Br)c(C)c(S(=O)(=O)Cl)c1. The molecule has 0 saturated carbocycles. The maximum Gasteiger partial charge on any atom is 0.338 e. The van der Waals surface area contributed by atoms with Gasteiger partial charge in [-0.25, -0.2) is 13.2 Å². The van der Waals surface area contributed by atoms with Crippen molar-refractivity contribution < 1.29 is 17.9 Å². The van der Waals surface area contributed by atoms with Crippen molar-refractivity contribution in [3.8, 4) is 0 Å². The summed E-state index contributed by atoms with van der Waals surface area (Å²) in [6, 6.07) is 2.78. The minimum atomic E-state index is -3.91. The minimum absolute atomic E-state index is 0.0866. The van der Waals surface area contributed by atoms with Gasteiger partial charge in [0.05, 0.1) is 17.1 Å². The van der Waals surface area contributed by atoms with Gasteiger partial charge >= 0.3 is 5.97 Å². The summed E-state index contributed by atoms with van der Waals surface area (Å²) in [6.45, 7) is 4.04. The molecule has 0 heterocycles. The maximum absolute atomic E-state index is 11.9. The summed E-state index contributed by atoms with van der Waals surface area (Å²) in [5.41, 5.74) is 0.631. The number of rotatable bonds is 7. The van der Waals surface area contributed by atoms with Crippen LogP contribution in [0.25, 0.3) is 0 Å². The van der Waals surface area contributed by atoms with Gasteiger partial charge in [0.15, 0.2) is 0 Å². The molecule has 0 unspecified atom stereocenters. The van der Waals surface area contributed by atoms with Crippen molar-refractivity contribution in [2.75, 3.05) is 6.61 Å². The van der Waals surface area contributed by atoms with E-state index < -0.39 is 15.0 Å². The van der Waals surface area contributed by atoms with E-state index in [0.29, 0.717) is 16.6 Å². The molecule has 118 valence electrons. The highest BCUT2D eigenvalue weighted by atomic mass is 79.9. The fraction of sp³-hybridized carbons (Fsp3) is 0.500. The molecule has 0 atom stereocenters. The van der Waals surface area contributed by atoms with Gasteiger partial charge in [-0.3, -0.25) is 0 Å². The smallest absolute Gasteiger partial charge is 0.338 e. The second kappa shape index (κ2) is 8.15. The molecule has 0 aliphatic rings. The fourth-order valence-corrected chi connectivity index (χ4v) is 3.62. The Bertz CT molecular complexity index is 614. The van der Waals surface area contributed by atoms with Crippen LogP contribution in [0.1, 0.15) is 48.5 Å². The Morgan fingerprint density at radius 1 is 1.29 bits per heavy atom. The molecule has 4 nitrogen and oxygen atoms in total. The quantitative estimate of drug-likeness (QED) is 0.388. The summed E-state index contributed by atoms with van der Waals surface area (Å²) in [4.78, 5) is 11.9. The van der Waals surface area contributed by atoms with Gasteiger partial charge in [-0.15, -0.1) is 0 Å². The normalized spacial score (nSPS) is 11.4. The topological polar surface area (TPSA) is 60.4 Å². The second-order valence-electron chi connectivity index (χ2n) is 4.72. The van der Waals surface area contributed by atoms with Crippen LogP contribution in [0.15, 0.2) is 21.5 Å². The molecular weight excluding hydrogens is 380 g/mol. The van der Waals surface area contributed by atoms with Gasteiger partial charge in [-0.1, -0.05) is 42.1 Å². The van der Waals surface area contributed by atoms with Crippen molar-refractivity contribution in [2.24, 2.45) is 0 Å². The third-order valence-electron chi connectivity index (χ3n) is 3.03. The number of ether oxygens (including phenoxy) is 1. The van der Waals surface area contributed by atoms with E-state index in [1.54, 1.807) is 6.92 Å². The van der Waals surface area contributed by atoms with Crippen molar-refractivity contribution in [3.05, 3.63) is 27.7 Å². The largest absolute Gasteiger partial charge is 0.462 e. The molecule has 0 bridgehead atoms. The van der Waals surface area contributed by atoms with Crippen LogP contribution in [0.3, 0.4) is 0 Å². The highest BCUT2D eigenvalue weighted by Crippen LogP contribution is 2.28. The van der Waals surface area contributed by atoms with E-state index in [2.05, 4.69) is 22.9 Å². The first kappa shape index (κ1) is 18.5. The third kappa shape index (κ3) is 5.60. The predicted molar refractivity (Wildman–Crippen MR) is 86.3 cm³/mol. The first-order valence-corrected chi connectivity index (χ1v) is 9.79. The molecular formula is C14H18BrClO4S. The van der Waals surface area contributed by atoms with Crippen molar-refractivity contribution in [2.45, 2.75) is 44.4 Å². The van der Waals surface area contributed by atoms with Crippen molar-refractivity contribution in [3.63, 3.8) is 0 Å². The van der Waals surface area contributed by atoms with Crippen LogP contribution in [0.4, 0.5) is 0 Å². The van der Waals surface area contributed by atoms with Crippen molar-refractivity contribution in [1.82, 2.24) is 0 Å². The van der Waals surface area contributed by atoms with Gasteiger partial charge in [0.1, 0.15) is 0 Å². The van der Waals surface area contributed by atoms with Crippen LogP contribution >= 0.6 is 26.6 Å². The van der Waals surface area contributed by atoms with E-state index in [0.717, 1.165) is 25.7 Å². The number of hydrogen-bond donors (Lipinski definition) is 0. The average molecular weight is 398 g/mol. The van der Waals surface area contributed by atoms with Crippen LogP contribution in [0.2, 0.25) is 0 Å². The first-order valence-electron chi connectivity index (χ1n) is 6.69. The molecule has 21 heavy (non-hydrogen) atoms. The molecule has 0 amide bonds. The monoisotopic (exact) mass is 396 g/mol. The number of halogens is 2. The number of carbonyl (C=O) groups is 1. The zero-order valence-electron chi connectivity index (χ0n) is 12.0. The first-order chi connectivity index (χ1) is 9.77. The average Bonchev–Trinajstić information content (AvgIpc) is 2.39. The molecule has 1 aromatic carbocycles. The molecule has 0 aliphatic carbocycles. The van der Waals surface area contributed by atoms with Crippen LogP contribution in [-0.4, -0.2) is 21.0 Å². The van der Waals surface area contributed by atoms with Crippen LogP contribution in [-0.2, 0) is 13.8 Å². The Morgan fingerprint density at radius 3 is 2.52 bits per heavy atom. The van der Waals surface area contributed by atoms with E-state index in [4.69, 9.17) is 15.4 Å². The number of hydrogen-bond acceptors (Lipinski definition) is 4. The molecule has 1 aromatic rings. The molecule has 0 radical (unpaired) electrons. The minimum Gasteiger partial charge on any atom is -0.462 e. The van der Waals surface area contributed by atoms with E-state index in [-0.39, 0.29) is 10.5 Å². The van der Waals surface area contributed by atoms with Gasteiger partial charge in [0, 0.05) is 15.2 Å². The summed E-state index contributed by atoms with van der Waals surface area (Å²) in [5.74, 6) is -0.547. The molecule has 0 fully saturated rings. The summed E-state index contributed by atoms with van der Waals surface area (Å²) < 4.78 is 28.7. The number of benzene rings is 1. The standard InChI is InChI=1S/C14H18BrClO4S/c1-3-4-5-6-7-20-14(17)11-8-12(15)10(2)13(9-11)21(16,18)19/h8-9H,3-7H2,1-2H3. The summed E-state index contributed by atoms with van der Waals surface area (Å²) >= 11 is 3.23. The van der Waals surface area contributed by atoms with Crippen LogP contribution < -0.4 is 0 Å². The molecule has 0 aromatic heterocycles. The van der Waals surface area contributed by atoms with E-state index in [1.807, 2.05) is 0 Å². The Labute approximate surface area is 138 Å². The van der Waals surface area contributed by atoms with E-state index >= 15 is 0 Å². The number of esters is 1. The lowest BCUT2D eigenvalue weighted by Crippen LogP contribution is -2.08. The van der Waals surface area contributed by atoms with Crippen molar-refractivity contribution in [1.29, 1.82) is 0 Å². The van der Waals surface area contributed by atoms with E-state index in [1.165, 1.54) is 12.1 Å². The zero-order valence-corrected chi connectivity index (χ0v) is 15.1. The lowest BCUT2D eigenvalue weighted by Gasteiger charge is -2.09. The summed E-state index contributed by atoms with van der Waals surface area (Å²) in [7, 11) is 1.46. The predicted octanol–water partition coefficient (Wildman–Crippen LogP) is 4.42. The lowest BCUT2D eigenvalue weighted by molar-refractivity contribution is 0.0497. The van der Waals surface area contributed by atoms with Gasteiger partial charge < -0.3 is 4.74 Å². The highest BCUT2D eigenvalue weighted by Gasteiger charge is 2.19. The third-order valence-corrected chi connectivity index (χ3v) is 5.30. The summed E-state index contributed by atoms with van der Waals surface area (Å²) in [5, 5.41) is 0. The zero-order chi connectivity index (χ0) is 16.0. The number of unbranched alkanes of at least 4 members (excludes halogenated alkanes) is 3. The van der Waals surface area contributed by atoms with E-state index in [9.17, 15) is 13.2 Å². The molecule has 0 spiro atoms. The second-order valence-corrected chi connectivity index (χ2v) is 8.10.